The highest BCUT2D eigenvalue weighted by molar-refractivity contribution is 6.01. The quantitative estimate of drug-likeness (QED) is 0.159. The first-order chi connectivity index (χ1) is 25.4. The van der Waals surface area contributed by atoms with Crippen LogP contribution in [0.4, 0.5) is 5.69 Å². The zero-order chi connectivity index (χ0) is 36.5. The molecule has 2 aliphatic rings. The van der Waals surface area contributed by atoms with Crippen LogP contribution >= 0.6 is 0 Å². The van der Waals surface area contributed by atoms with Gasteiger partial charge in [-0.2, -0.15) is 0 Å². The molecule has 0 unspecified atom stereocenters. The maximum Gasteiger partial charge on any atom is 0.227 e. The number of benzene rings is 2. The zero-order valence-corrected chi connectivity index (χ0v) is 31.7. The number of para-hydroxylation sites is 1. The molecule has 2 aliphatic heterocycles. The summed E-state index contributed by atoms with van der Waals surface area (Å²) in [5.41, 5.74) is 5.49. The van der Waals surface area contributed by atoms with E-state index in [1.165, 1.54) is 12.8 Å². The van der Waals surface area contributed by atoms with Crippen molar-refractivity contribution in [2.45, 2.75) is 65.0 Å². The van der Waals surface area contributed by atoms with Gasteiger partial charge in [0.2, 0.25) is 11.8 Å². The van der Waals surface area contributed by atoms with Crippen LogP contribution in [0.5, 0.6) is 0 Å². The lowest BCUT2D eigenvalue weighted by molar-refractivity contribution is -0.125. The van der Waals surface area contributed by atoms with Gasteiger partial charge in [-0.05, 0) is 45.0 Å². The van der Waals surface area contributed by atoms with E-state index in [9.17, 15) is 9.59 Å². The lowest BCUT2D eigenvalue weighted by Crippen LogP contribution is -2.48. The average Bonchev–Trinajstić information content (AvgIpc) is 3.57. The number of nitrogens with zero attached hydrogens (tertiary/aromatic N) is 7. The third-order valence-electron chi connectivity index (χ3n) is 9.88. The number of hydrogen-bond donors (Lipinski definition) is 1. The fourth-order valence-corrected chi connectivity index (χ4v) is 6.84. The van der Waals surface area contributed by atoms with E-state index in [2.05, 4.69) is 58.4 Å². The Morgan fingerprint density at radius 1 is 0.788 bits per heavy atom. The number of anilines is 1. The van der Waals surface area contributed by atoms with Crippen molar-refractivity contribution in [1.29, 1.82) is 0 Å². The Morgan fingerprint density at radius 3 is 2.23 bits per heavy atom. The summed E-state index contributed by atoms with van der Waals surface area (Å²) in [5, 5.41) is 12.3. The average molecular weight is 717 g/mol. The molecule has 284 valence electrons. The van der Waals surface area contributed by atoms with Crippen molar-refractivity contribution >= 4 is 17.5 Å². The number of rotatable bonds is 21. The minimum Gasteiger partial charge on any atom is -0.379 e. The maximum absolute atomic E-state index is 13.9. The molecule has 3 aromatic rings. The Morgan fingerprint density at radius 2 is 1.48 bits per heavy atom. The third kappa shape index (κ3) is 11.7. The van der Waals surface area contributed by atoms with Crippen LogP contribution in [0.15, 0.2) is 48.5 Å². The van der Waals surface area contributed by atoms with Crippen molar-refractivity contribution in [2.24, 2.45) is 0 Å². The molecule has 2 amide bonds. The topological polar surface area (TPSA) is 108 Å². The second-order valence-electron chi connectivity index (χ2n) is 14.1. The van der Waals surface area contributed by atoms with Crippen molar-refractivity contribution in [3.05, 3.63) is 54.1 Å². The van der Waals surface area contributed by atoms with E-state index in [0.717, 1.165) is 106 Å². The van der Waals surface area contributed by atoms with Gasteiger partial charge in [-0.25, -0.2) is 4.68 Å². The van der Waals surface area contributed by atoms with Gasteiger partial charge in [-0.1, -0.05) is 67.4 Å². The van der Waals surface area contributed by atoms with E-state index < -0.39 is 0 Å². The van der Waals surface area contributed by atoms with Crippen LogP contribution in [-0.4, -0.2) is 134 Å². The molecule has 12 nitrogen and oxygen atoms in total. The van der Waals surface area contributed by atoms with E-state index in [1.807, 2.05) is 41.1 Å². The summed E-state index contributed by atoms with van der Waals surface area (Å²) in [5.74, 6) is -0.234. The summed E-state index contributed by atoms with van der Waals surface area (Å²) >= 11 is 0. The van der Waals surface area contributed by atoms with Crippen LogP contribution in [0.25, 0.3) is 22.5 Å². The summed E-state index contributed by atoms with van der Waals surface area (Å²) in [4.78, 5) is 35.7. The monoisotopic (exact) mass is 716 g/mol. The Labute approximate surface area is 310 Å². The molecule has 2 aromatic carbocycles. The van der Waals surface area contributed by atoms with Crippen LogP contribution in [0, 0.1) is 0 Å². The number of nitrogens with one attached hydrogen (secondary N) is 1. The lowest BCUT2D eigenvalue weighted by atomic mass is 9.95. The Kier molecular flexibility index (Phi) is 16.1. The van der Waals surface area contributed by atoms with E-state index in [-0.39, 0.29) is 24.7 Å². The number of aromatic nitrogens is 3. The molecule has 1 saturated heterocycles. The maximum atomic E-state index is 13.9. The summed E-state index contributed by atoms with van der Waals surface area (Å²) in [6, 6.07) is 16.1. The van der Waals surface area contributed by atoms with Crippen molar-refractivity contribution in [1.82, 2.24) is 35.0 Å². The second kappa shape index (κ2) is 21.1. The van der Waals surface area contributed by atoms with Crippen LogP contribution in [0.3, 0.4) is 0 Å². The number of hydrogen-bond acceptors (Lipinski definition) is 9. The van der Waals surface area contributed by atoms with Crippen molar-refractivity contribution < 1.29 is 19.1 Å². The summed E-state index contributed by atoms with van der Waals surface area (Å²) in [6.07, 6.45) is 5.38. The fourth-order valence-electron chi connectivity index (χ4n) is 6.84. The van der Waals surface area contributed by atoms with Gasteiger partial charge in [0.1, 0.15) is 5.69 Å². The molecule has 3 heterocycles. The second-order valence-corrected chi connectivity index (χ2v) is 14.1. The van der Waals surface area contributed by atoms with Gasteiger partial charge in [0.05, 0.1) is 31.1 Å². The van der Waals surface area contributed by atoms with E-state index in [0.29, 0.717) is 39.3 Å². The number of amides is 2. The van der Waals surface area contributed by atoms with Gasteiger partial charge in [-0.3, -0.25) is 14.5 Å². The molecule has 5 rings (SSSR count). The largest absolute Gasteiger partial charge is 0.379 e. The highest BCUT2D eigenvalue weighted by Gasteiger charge is 2.29. The number of likely N-dealkylation sites (N-methyl/N-ethyl adjacent to an activating group) is 1. The minimum absolute atomic E-state index is 0.0997. The number of aryl methyl sites for hydroxylation is 1. The SMILES string of the molecule is CCCCCOCCOCCCNC(=O)CCC(=O)N1Cc2ccccc2-c2c(nnn2CCCN2CCN(CCN(C)C)CC2)-c2ccccc21. The van der Waals surface area contributed by atoms with Gasteiger partial charge >= 0.3 is 0 Å². The van der Waals surface area contributed by atoms with Crippen LogP contribution in [0.2, 0.25) is 0 Å². The molecular weight excluding hydrogens is 656 g/mol. The van der Waals surface area contributed by atoms with Crippen molar-refractivity contribution in [2.75, 3.05) is 97.8 Å². The molecular formula is C40H60N8O4. The summed E-state index contributed by atoms with van der Waals surface area (Å²) in [7, 11) is 4.26. The number of carbonyl (C=O) groups is 2. The summed E-state index contributed by atoms with van der Waals surface area (Å²) < 4.78 is 13.2. The van der Waals surface area contributed by atoms with Gasteiger partial charge in [-0.15, -0.1) is 5.10 Å². The molecule has 1 N–H and O–H groups in total. The first-order valence-corrected chi connectivity index (χ1v) is 19.4. The van der Waals surface area contributed by atoms with Crippen LogP contribution in [0.1, 0.15) is 57.4 Å². The normalized spacial score (nSPS) is 14.8. The van der Waals surface area contributed by atoms with Crippen LogP contribution in [-0.2, 0) is 32.2 Å². The predicted octanol–water partition coefficient (Wildman–Crippen LogP) is 4.54. The highest BCUT2D eigenvalue weighted by Crippen LogP contribution is 2.41. The molecule has 1 fully saturated rings. The van der Waals surface area contributed by atoms with Crippen LogP contribution < -0.4 is 10.2 Å². The first-order valence-electron chi connectivity index (χ1n) is 19.4. The molecule has 0 radical (unpaired) electrons. The highest BCUT2D eigenvalue weighted by atomic mass is 16.5. The lowest BCUT2D eigenvalue weighted by Gasteiger charge is -2.35. The molecule has 12 heteroatoms. The number of carbonyl (C=O) groups excluding carboxylic acids is 2. The van der Waals surface area contributed by atoms with Gasteiger partial charge in [0, 0.05) is 96.1 Å². The molecule has 0 saturated carbocycles. The van der Waals surface area contributed by atoms with E-state index in [1.54, 1.807) is 4.90 Å². The van der Waals surface area contributed by atoms with Crippen molar-refractivity contribution in [3.63, 3.8) is 0 Å². The van der Waals surface area contributed by atoms with Gasteiger partial charge in [0.15, 0.2) is 0 Å². The fraction of sp³-hybridized carbons (Fsp3) is 0.600. The number of ether oxygens (including phenoxy) is 2. The standard InChI is InChI=1S/C40H60N8O4/c1-4-5-10-28-51-30-31-52-29-11-19-41-37(49)17-18-38(50)47-32-33-13-6-7-14-34(33)40-39(35-15-8-9-16-36(35)47)42-43-48(40)21-12-20-45-24-26-46(27-25-45)23-22-44(2)3/h6-9,13-16H,4-5,10-12,17-32H2,1-3H3,(H,41,49). The van der Waals surface area contributed by atoms with Gasteiger partial charge in [0.25, 0.3) is 0 Å². The van der Waals surface area contributed by atoms with Crippen molar-refractivity contribution in [3.8, 4) is 22.5 Å². The third-order valence-corrected chi connectivity index (χ3v) is 9.88. The number of piperazine rings is 1. The summed E-state index contributed by atoms with van der Waals surface area (Å²) in [6.45, 7) is 14.0. The van der Waals surface area contributed by atoms with E-state index in [4.69, 9.17) is 14.6 Å². The molecule has 0 atom stereocenters. The smallest absolute Gasteiger partial charge is 0.227 e. The number of unbranched alkanes of at least 4 members (excludes halogenated alkanes) is 2. The first kappa shape index (κ1) is 39.5. The number of fused-ring (bicyclic) bond motifs is 5. The van der Waals surface area contributed by atoms with E-state index >= 15 is 0 Å². The molecule has 0 aliphatic carbocycles. The molecule has 0 bridgehead atoms. The minimum atomic E-state index is -0.134. The Bertz CT molecular complexity index is 1540. The zero-order valence-electron chi connectivity index (χ0n) is 31.7. The predicted molar refractivity (Wildman–Crippen MR) is 206 cm³/mol. The molecule has 52 heavy (non-hydrogen) atoms. The molecule has 0 spiro atoms. The van der Waals surface area contributed by atoms with Gasteiger partial charge < -0.3 is 29.5 Å². The Balaban J connectivity index is 1.15. The Hall–Kier alpha value is -3.68. The molecule has 1 aromatic heterocycles.